The van der Waals surface area contributed by atoms with E-state index in [0.29, 0.717) is 11.3 Å². The van der Waals surface area contributed by atoms with Crippen molar-refractivity contribution in [1.29, 1.82) is 5.26 Å². The zero-order valence-corrected chi connectivity index (χ0v) is 16.2. The van der Waals surface area contributed by atoms with Crippen molar-refractivity contribution in [3.05, 3.63) is 71.5 Å². The van der Waals surface area contributed by atoms with E-state index in [9.17, 15) is 19.6 Å². The quantitative estimate of drug-likeness (QED) is 0.675. The molecule has 0 aromatic heterocycles. The highest BCUT2D eigenvalue weighted by Crippen LogP contribution is 2.75. The second-order valence-corrected chi connectivity index (χ2v) is 7.61. The first-order chi connectivity index (χ1) is 13.3. The molecule has 28 heavy (non-hydrogen) atoms. The topological polar surface area (TPSA) is 70.3 Å². The number of hydrogen-bond acceptors (Lipinski definition) is 3. The number of nitriles is 1. The average molecular weight is 400 g/mol. The molecule has 0 spiro atoms. The zero-order chi connectivity index (χ0) is 20.5. The summed E-state index contributed by atoms with van der Waals surface area (Å²) in [6.45, 7) is 3.58. The van der Waals surface area contributed by atoms with Gasteiger partial charge in [-0.05, 0) is 35.2 Å². The van der Waals surface area contributed by atoms with Gasteiger partial charge in [0, 0.05) is 11.5 Å². The first-order valence-electron chi connectivity index (χ1n) is 8.73. The molecule has 0 heterocycles. The van der Waals surface area contributed by atoms with Crippen LogP contribution in [0, 0.1) is 33.9 Å². The summed E-state index contributed by atoms with van der Waals surface area (Å²) in [4.78, 5) is 12.3. The number of carboxylic acid groups (broad SMARTS) is 1. The lowest BCUT2D eigenvalue weighted by molar-refractivity contribution is -0.145. The van der Waals surface area contributed by atoms with Gasteiger partial charge >= 0.3 is 5.97 Å². The summed E-state index contributed by atoms with van der Waals surface area (Å²) in [5.41, 5.74) is -0.398. The van der Waals surface area contributed by atoms with Crippen LogP contribution in [0.5, 0.6) is 11.5 Å². The van der Waals surface area contributed by atoms with E-state index in [1.807, 2.05) is 6.07 Å². The third kappa shape index (κ3) is 2.94. The van der Waals surface area contributed by atoms with Crippen molar-refractivity contribution >= 4 is 17.6 Å². The highest BCUT2D eigenvalue weighted by Gasteiger charge is 2.78. The van der Waals surface area contributed by atoms with Gasteiger partial charge in [-0.25, -0.2) is 4.39 Å². The predicted molar refractivity (Wildman–Crippen MR) is 104 cm³/mol. The molecule has 1 fully saturated rings. The Kier molecular flexibility index (Phi) is 5.18. The van der Waals surface area contributed by atoms with Gasteiger partial charge in [-0.2, -0.15) is 5.26 Å². The Hall–Kier alpha value is -2.84. The molecule has 1 aliphatic carbocycles. The van der Waals surface area contributed by atoms with Crippen LogP contribution in [-0.4, -0.2) is 11.1 Å². The van der Waals surface area contributed by atoms with Crippen molar-refractivity contribution in [3.63, 3.8) is 0 Å². The van der Waals surface area contributed by atoms with E-state index >= 15 is 0 Å². The standard InChI is InChI=1S/C22H19ClFNO3/c1-21(2)19(10-11-23)22(21,20(26)27)16(13-25)14-8-9-17(24)18(12-14)28-15-6-4-3-5-7-15/h3-12,16,19H,1-2H3,(H,26,27). The fourth-order valence-corrected chi connectivity index (χ4v) is 4.36. The molecule has 6 heteroatoms. The maximum absolute atomic E-state index is 14.3. The summed E-state index contributed by atoms with van der Waals surface area (Å²) in [7, 11) is 0. The Balaban J connectivity index is 2.05. The molecule has 1 saturated carbocycles. The molecule has 0 bridgehead atoms. The Labute approximate surface area is 167 Å². The molecule has 0 aliphatic heterocycles. The molecular weight excluding hydrogens is 381 g/mol. The summed E-state index contributed by atoms with van der Waals surface area (Å²) in [6.07, 6.45) is 1.60. The number of para-hydroxylation sites is 1. The lowest BCUT2D eigenvalue weighted by atomic mass is 9.78. The normalized spacial score (nSPS) is 23.8. The first kappa shape index (κ1) is 19.9. The molecule has 3 atom stereocenters. The van der Waals surface area contributed by atoms with Gasteiger partial charge in [-0.1, -0.05) is 55.8 Å². The fraction of sp³-hybridized carbons (Fsp3) is 0.273. The lowest BCUT2D eigenvalue weighted by Crippen LogP contribution is -2.28. The number of ether oxygens (including phenoxy) is 1. The van der Waals surface area contributed by atoms with E-state index in [2.05, 4.69) is 6.07 Å². The Morgan fingerprint density at radius 1 is 1.32 bits per heavy atom. The molecule has 2 aromatic carbocycles. The molecule has 1 N–H and O–H groups in total. The minimum Gasteiger partial charge on any atom is -0.481 e. The predicted octanol–water partition coefficient (Wildman–Crippen LogP) is 5.70. The van der Waals surface area contributed by atoms with Gasteiger partial charge in [0.15, 0.2) is 11.6 Å². The summed E-state index contributed by atoms with van der Waals surface area (Å²) < 4.78 is 19.9. The molecule has 1 aliphatic rings. The molecule has 2 aromatic rings. The minimum absolute atomic E-state index is 0.0626. The van der Waals surface area contributed by atoms with Crippen molar-refractivity contribution < 1.29 is 19.0 Å². The maximum Gasteiger partial charge on any atom is 0.312 e. The third-order valence-electron chi connectivity index (χ3n) is 5.71. The highest BCUT2D eigenvalue weighted by atomic mass is 35.5. The highest BCUT2D eigenvalue weighted by molar-refractivity contribution is 6.25. The smallest absolute Gasteiger partial charge is 0.312 e. The monoisotopic (exact) mass is 399 g/mol. The van der Waals surface area contributed by atoms with Crippen molar-refractivity contribution in [2.45, 2.75) is 19.8 Å². The van der Waals surface area contributed by atoms with Crippen LogP contribution in [0.2, 0.25) is 0 Å². The number of allylic oxidation sites excluding steroid dienone is 1. The maximum atomic E-state index is 14.3. The molecule has 3 rings (SSSR count). The van der Waals surface area contributed by atoms with Gasteiger partial charge in [0.25, 0.3) is 0 Å². The molecule has 0 saturated heterocycles. The number of carbonyl (C=O) groups is 1. The van der Waals surface area contributed by atoms with Crippen LogP contribution in [0.3, 0.4) is 0 Å². The fourth-order valence-electron chi connectivity index (χ4n) is 4.22. The number of hydrogen-bond donors (Lipinski definition) is 1. The van der Waals surface area contributed by atoms with E-state index in [0.717, 1.165) is 0 Å². The Bertz CT molecular complexity index is 967. The molecular formula is C22H19ClFNO3. The van der Waals surface area contributed by atoms with Crippen LogP contribution in [0.15, 0.2) is 60.1 Å². The Morgan fingerprint density at radius 2 is 2.00 bits per heavy atom. The van der Waals surface area contributed by atoms with Crippen molar-refractivity contribution in [2.75, 3.05) is 0 Å². The van der Waals surface area contributed by atoms with E-state index in [4.69, 9.17) is 16.3 Å². The van der Waals surface area contributed by atoms with Crippen LogP contribution >= 0.6 is 11.6 Å². The molecule has 0 amide bonds. The number of nitrogens with zero attached hydrogens (tertiary/aromatic N) is 1. The van der Waals surface area contributed by atoms with Crippen LogP contribution < -0.4 is 4.74 Å². The van der Waals surface area contributed by atoms with Gasteiger partial charge in [0.05, 0.1) is 12.0 Å². The SMILES string of the molecule is CC1(C)C(C=CCl)C1(C(=O)O)C(C#N)c1ccc(F)c(Oc2ccccc2)c1. The van der Waals surface area contributed by atoms with Gasteiger partial charge in [-0.3, -0.25) is 4.79 Å². The van der Waals surface area contributed by atoms with Crippen LogP contribution in [0.1, 0.15) is 25.3 Å². The molecule has 3 unspecified atom stereocenters. The minimum atomic E-state index is -1.37. The number of halogens is 2. The zero-order valence-electron chi connectivity index (χ0n) is 15.4. The van der Waals surface area contributed by atoms with Crippen molar-refractivity contribution in [2.24, 2.45) is 16.7 Å². The molecule has 4 nitrogen and oxygen atoms in total. The van der Waals surface area contributed by atoms with Crippen LogP contribution in [-0.2, 0) is 4.79 Å². The van der Waals surface area contributed by atoms with E-state index in [1.54, 1.807) is 44.2 Å². The van der Waals surface area contributed by atoms with Gasteiger partial charge in [0.2, 0.25) is 0 Å². The third-order valence-corrected chi connectivity index (χ3v) is 5.86. The average Bonchev–Trinajstić information content (AvgIpc) is 3.15. The summed E-state index contributed by atoms with van der Waals surface area (Å²) in [5.74, 6) is -2.73. The Morgan fingerprint density at radius 3 is 2.57 bits per heavy atom. The summed E-state index contributed by atoms with van der Waals surface area (Å²) in [6, 6.07) is 14.8. The van der Waals surface area contributed by atoms with Gasteiger partial charge in [0.1, 0.15) is 11.2 Å². The second-order valence-electron chi connectivity index (χ2n) is 7.36. The summed E-state index contributed by atoms with van der Waals surface area (Å²) in [5, 5.41) is 19.9. The van der Waals surface area contributed by atoms with Crippen LogP contribution in [0.4, 0.5) is 4.39 Å². The van der Waals surface area contributed by atoms with Gasteiger partial charge < -0.3 is 9.84 Å². The first-order valence-corrected chi connectivity index (χ1v) is 9.16. The van der Waals surface area contributed by atoms with Crippen molar-refractivity contribution in [1.82, 2.24) is 0 Å². The van der Waals surface area contributed by atoms with E-state index in [-0.39, 0.29) is 5.75 Å². The number of carboxylic acids is 1. The summed E-state index contributed by atoms with van der Waals surface area (Å²) >= 11 is 5.70. The number of rotatable bonds is 6. The van der Waals surface area contributed by atoms with Crippen molar-refractivity contribution in [3.8, 4) is 17.6 Å². The van der Waals surface area contributed by atoms with E-state index in [1.165, 1.54) is 23.7 Å². The number of benzene rings is 2. The molecule has 144 valence electrons. The van der Waals surface area contributed by atoms with Crippen LogP contribution in [0.25, 0.3) is 0 Å². The molecule has 0 radical (unpaired) electrons. The lowest BCUT2D eigenvalue weighted by Gasteiger charge is -2.22. The van der Waals surface area contributed by atoms with Gasteiger partial charge in [-0.15, -0.1) is 0 Å². The van der Waals surface area contributed by atoms with E-state index < -0.39 is 34.5 Å². The number of aliphatic carboxylic acids is 1. The largest absolute Gasteiger partial charge is 0.481 e. The second kappa shape index (κ2) is 7.29.